The lowest BCUT2D eigenvalue weighted by atomic mass is 10.0. The smallest absolute Gasteiger partial charge is 0.138 e. The van der Waals surface area contributed by atoms with E-state index in [0.717, 1.165) is 110 Å². The first-order valence-electron chi connectivity index (χ1n) is 17.9. The molecule has 0 aliphatic rings. The third kappa shape index (κ3) is 3.84. The number of para-hydroxylation sites is 4. The molecule has 0 N–H and O–H groups in total. The average Bonchev–Trinajstić information content (AvgIpc) is 3.98. The molecule has 250 valence electrons. The minimum absolute atomic E-state index is 0.606. The fourth-order valence-electron chi connectivity index (χ4n) is 8.71. The SMILES string of the molecule is N#Cc1ccc(-c2cc(-n3c4ccccc4c4ccc5oc6ccccc6c5c43)ncc2-n2c3ccccc3c3ccc4oc5ccccc5c4c32)cc1. The first-order valence-corrected chi connectivity index (χ1v) is 17.9. The molecule has 0 aliphatic carbocycles. The van der Waals surface area contributed by atoms with Gasteiger partial charge in [0.1, 0.15) is 28.1 Å². The quantitative estimate of drug-likeness (QED) is 0.185. The van der Waals surface area contributed by atoms with Gasteiger partial charge >= 0.3 is 0 Å². The van der Waals surface area contributed by atoms with E-state index in [1.54, 1.807) is 0 Å². The van der Waals surface area contributed by atoms with Gasteiger partial charge in [0, 0.05) is 37.9 Å². The minimum atomic E-state index is 0.606. The Bertz CT molecular complexity index is 3570. The highest BCUT2D eigenvalue weighted by Crippen LogP contribution is 2.44. The van der Waals surface area contributed by atoms with Crippen molar-refractivity contribution in [1.82, 2.24) is 14.1 Å². The number of rotatable bonds is 3. The maximum absolute atomic E-state index is 9.74. The van der Waals surface area contributed by atoms with Crippen LogP contribution in [0.25, 0.3) is 110 Å². The lowest BCUT2D eigenvalue weighted by Crippen LogP contribution is -2.03. The molecule has 0 saturated carbocycles. The summed E-state index contributed by atoms with van der Waals surface area (Å²) in [5.74, 6) is 0.779. The van der Waals surface area contributed by atoms with Crippen LogP contribution in [0.5, 0.6) is 0 Å². The molecule has 5 heterocycles. The molecule has 0 fully saturated rings. The molecule has 0 bridgehead atoms. The number of fused-ring (bicyclic) bond motifs is 14. The molecule has 0 radical (unpaired) electrons. The zero-order valence-corrected chi connectivity index (χ0v) is 28.6. The largest absolute Gasteiger partial charge is 0.456 e. The Labute approximate surface area is 306 Å². The maximum atomic E-state index is 9.74. The molecule has 12 rings (SSSR count). The van der Waals surface area contributed by atoms with Crippen LogP contribution in [0.2, 0.25) is 0 Å². The van der Waals surface area contributed by atoms with E-state index in [1.807, 2.05) is 54.7 Å². The summed E-state index contributed by atoms with van der Waals surface area (Å²) in [5, 5.41) is 18.5. The summed E-state index contributed by atoms with van der Waals surface area (Å²) in [6.45, 7) is 0. The number of hydrogen-bond acceptors (Lipinski definition) is 4. The van der Waals surface area contributed by atoms with E-state index in [1.165, 1.54) is 0 Å². The van der Waals surface area contributed by atoms with Crippen LogP contribution in [0.1, 0.15) is 5.56 Å². The maximum Gasteiger partial charge on any atom is 0.138 e. The Balaban J connectivity index is 1.24. The summed E-state index contributed by atoms with van der Waals surface area (Å²) < 4.78 is 17.4. The summed E-state index contributed by atoms with van der Waals surface area (Å²) in [6, 6.07) is 54.3. The minimum Gasteiger partial charge on any atom is -0.456 e. The van der Waals surface area contributed by atoms with Crippen LogP contribution in [0.15, 0.2) is 167 Å². The number of aromatic nitrogens is 3. The molecule has 0 amide bonds. The Kier molecular flexibility index (Phi) is 5.75. The van der Waals surface area contributed by atoms with Crippen LogP contribution in [-0.2, 0) is 0 Å². The number of pyridine rings is 1. The number of nitrogens with zero attached hydrogens (tertiary/aromatic N) is 4. The second-order valence-electron chi connectivity index (χ2n) is 13.8. The molecule has 12 aromatic rings. The van der Waals surface area contributed by atoms with Gasteiger partial charge in [-0.15, -0.1) is 0 Å². The molecule has 7 aromatic carbocycles. The molecule has 0 saturated heterocycles. The van der Waals surface area contributed by atoms with Crippen LogP contribution in [0, 0.1) is 11.3 Å². The molecule has 0 unspecified atom stereocenters. The van der Waals surface area contributed by atoms with Gasteiger partial charge in [-0.1, -0.05) is 84.9 Å². The number of hydrogen-bond donors (Lipinski definition) is 0. The van der Waals surface area contributed by atoms with Crippen LogP contribution in [-0.4, -0.2) is 14.1 Å². The molecule has 6 heteroatoms. The molecule has 0 spiro atoms. The Morgan fingerprint density at radius 2 is 1.00 bits per heavy atom. The van der Waals surface area contributed by atoms with E-state index in [9.17, 15) is 5.26 Å². The van der Waals surface area contributed by atoms with E-state index in [2.05, 4.69) is 118 Å². The number of benzene rings is 7. The highest BCUT2D eigenvalue weighted by atomic mass is 16.3. The zero-order chi connectivity index (χ0) is 35.5. The van der Waals surface area contributed by atoms with E-state index in [4.69, 9.17) is 13.8 Å². The van der Waals surface area contributed by atoms with Crippen molar-refractivity contribution in [2.24, 2.45) is 0 Å². The summed E-state index contributed by atoms with van der Waals surface area (Å²) >= 11 is 0. The summed E-state index contributed by atoms with van der Waals surface area (Å²) in [6.07, 6.45) is 2.00. The normalized spacial score (nSPS) is 12.1. The van der Waals surface area contributed by atoms with Crippen LogP contribution in [0.3, 0.4) is 0 Å². The molecule has 6 nitrogen and oxygen atoms in total. The van der Waals surface area contributed by atoms with Gasteiger partial charge in [0.2, 0.25) is 0 Å². The second kappa shape index (κ2) is 10.7. The first kappa shape index (κ1) is 29.0. The van der Waals surface area contributed by atoms with Crippen molar-refractivity contribution < 1.29 is 8.83 Å². The predicted octanol–water partition coefficient (Wildman–Crippen LogP) is 12.6. The fourth-order valence-corrected chi connectivity index (χ4v) is 8.71. The van der Waals surface area contributed by atoms with Gasteiger partial charge in [-0.2, -0.15) is 5.26 Å². The van der Waals surface area contributed by atoms with Crippen molar-refractivity contribution in [3.63, 3.8) is 0 Å². The van der Waals surface area contributed by atoms with Crippen molar-refractivity contribution >= 4 is 87.5 Å². The van der Waals surface area contributed by atoms with Crippen molar-refractivity contribution in [1.29, 1.82) is 5.26 Å². The standard InChI is InChI=1S/C48H26N4O2/c49-26-28-17-19-29(20-18-28)36-25-44(52-38-14-6-2-10-31(38)33-22-24-43-46(48(33)52)35-12-4-8-16-41(35)54-43)50-27-39(36)51-37-13-5-1-9-30(37)32-21-23-42-45(47(32)51)34-11-3-7-15-40(34)53-42/h1-25,27H. The molecule has 0 atom stereocenters. The fraction of sp³-hybridized carbons (Fsp3) is 0. The highest BCUT2D eigenvalue weighted by molar-refractivity contribution is 6.26. The zero-order valence-electron chi connectivity index (χ0n) is 28.6. The van der Waals surface area contributed by atoms with Crippen LogP contribution >= 0.6 is 0 Å². The van der Waals surface area contributed by atoms with Gasteiger partial charge in [0.15, 0.2) is 0 Å². The van der Waals surface area contributed by atoms with E-state index >= 15 is 0 Å². The third-order valence-corrected chi connectivity index (χ3v) is 11.0. The number of furan rings is 2. The van der Waals surface area contributed by atoms with Gasteiger partial charge in [-0.3, -0.25) is 4.57 Å². The van der Waals surface area contributed by atoms with Gasteiger partial charge in [-0.05, 0) is 72.3 Å². The van der Waals surface area contributed by atoms with Gasteiger partial charge in [0.25, 0.3) is 0 Å². The first-order chi connectivity index (χ1) is 26.7. The second-order valence-corrected chi connectivity index (χ2v) is 13.8. The topological polar surface area (TPSA) is 72.8 Å². The van der Waals surface area contributed by atoms with E-state index in [-0.39, 0.29) is 0 Å². The van der Waals surface area contributed by atoms with Crippen molar-refractivity contribution in [2.45, 2.75) is 0 Å². The molecular weight excluding hydrogens is 665 g/mol. The Morgan fingerprint density at radius 1 is 0.481 bits per heavy atom. The lowest BCUT2D eigenvalue weighted by molar-refractivity contribution is 0.669. The summed E-state index contributed by atoms with van der Waals surface area (Å²) in [5.41, 5.74) is 11.1. The summed E-state index contributed by atoms with van der Waals surface area (Å²) in [4.78, 5) is 5.35. The lowest BCUT2D eigenvalue weighted by Gasteiger charge is -2.17. The van der Waals surface area contributed by atoms with Gasteiger partial charge < -0.3 is 13.4 Å². The highest BCUT2D eigenvalue weighted by Gasteiger charge is 2.24. The van der Waals surface area contributed by atoms with Crippen molar-refractivity contribution in [3.8, 4) is 28.7 Å². The van der Waals surface area contributed by atoms with Crippen LogP contribution in [0.4, 0.5) is 0 Å². The van der Waals surface area contributed by atoms with Gasteiger partial charge in [0.05, 0.1) is 56.4 Å². The number of nitriles is 1. The third-order valence-electron chi connectivity index (χ3n) is 11.0. The average molecular weight is 691 g/mol. The Morgan fingerprint density at radius 3 is 1.59 bits per heavy atom. The molecule has 0 aliphatic heterocycles. The van der Waals surface area contributed by atoms with Crippen molar-refractivity contribution in [2.75, 3.05) is 0 Å². The molecule has 5 aromatic heterocycles. The van der Waals surface area contributed by atoms with E-state index in [0.29, 0.717) is 5.56 Å². The molecule has 54 heavy (non-hydrogen) atoms. The van der Waals surface area contributed by atoms with Gasteiger partial charge in [-0.25, -0.2) is 4.98 Å². The van der Waals surface area contributed by atoms with Crippen molar-refractivity contribution in [3.05, 3.63) is 163 Å². The summed E-state index contributed by atoms with van der Waals surface area (Å²) in [7, 11) is 0. The Hall–Kier alpha value is -7.62. The monoisotopic (exact) mass is 690 g/mol. The predicted molar refractivity (Wildman–Crippen MR) is 218 cm³/mol. The van der Waals surface area contributed by atoms with E-state index < -0.39 is 0 Å². The van der Waals surface area contributed by atoms with Crippen LogP contribution < -0.4 is 0 Å². The molecular formula is C48H26N4O2.